The lowest BCUT2D eigenvalue weighted by Gasteiger charge is -1.96. The molecule has 0 amide bonds. The molecule has 0 aliphatic carbocycles. The Balaban J connectivity index is 2.48. The number of hydrogen-bond donors (Lipinski definition) is 0. The van der Waals surface area contributed by atoms with E-state index in [4.69, 9.17) is 0 Å². The molecule has 0 saturated carbocycles. The van der Waals surface area contributed by atoms with E-state index < -0.39 is 0 Å². The number of rotatable bonds is 1. The molecule has 0 N–H and O–H groups in total. The highest BCUT2D eigenvalue weighted by molar-refractivity contribution is 5.60. The Morgan fingerprint density at radius 3 is 2.54 bits per heavy atom. The number of nitrogens with zero attached hydrogens (tertiary/aromatic N) is 2. The Kier molecular flexibility index (Phi) is 2.04. The van der Waals surface area contributed by atoms with E-state index in [1.807, 2.05) is 36.0 Å². The van der Waals surface area contributed by atoms with Crippen LogP contribution in [0.3, 0.4) is 0 Å². The van der Waals surface area contributed by atoms with E-state index in [2.05, 4.69) is 23.3 Å². The van der Waals surface area contributed by atoms with Crippen molar-refractivity contribution in [2.45, 2.75) is 0 Å². The molecule has 0 saturated heterocycles. The smallest absolute Gasteiger partial charge is 0.239 e. The van der Waals surface area contributed by atoms with E-state index in [0.717, 1.165) is 5.56 Å². The maximum absolute atomic E-state index is 4.12. The van der Waals surface area contributed by atoms with Gasteiger partial charge in [-0.05, 0) is 5.56 Å². The van der Waals surface area contributed by atoms with E-state index in [-0.39, 0.29) is 0 Å². The lowest BCUT2D eigenvalue weighted by molar-refractivity contribution is -0.674. The van der Waals surface area contributed by atoms with Gasteiger partial charge in [-0.25, -0.2) is 4.57 Å². The average Bonchev–Trinajstić information content (AvgIpc) is 2.19. The summed E-state index contributed by atoms with van der Waals surface area (Å²) in [7, 11) is 1.97. The maximum atomic E-state index is 4.12. The zero-order valence-electron chi connectivity index (χ0n) is 7.51. The van der Waals surface area contributed by atoms with Gasteiger partial charge in [-0.15, -0.1) is 0 Å². The quantitative estimate of drug-likeness (QED) is 0.595. The first-order valence-corrected chi connectivity index (χ1v) is 4.22. The van der Waals surface area contributed by atoms with Gasteiger partial charge in [0.25, 0.3) is 6.33 Å². The molecule has 2 heteroatoms. The monoisotopic (exact) mass is 171 g/mol. The first-order chi connectivity index (χ1) is 6.36. The van der Waals surface area contributed by atoms with Crippen molar-refractivity contribution in [2.75, 3.05) is 0 Å². The second-order valence-electron chi connectivity index (χ2n) is 3.01. The molecule has 2 rings (SSSR count). The van der Waals surface area contributed by atoms with Crippen LogP contribution in [0.5, 0.6) is 0 Å². The number of aryl methyl sites for hydroxylation is 1. The molecule has 0 aliphatic rings. The summed E-state index contributed by atoms with van der Waals surface area (Å²) in [4.78, 5) is 4.12. The molecular weight excluding hydrogens is 160 g/mol. The minimum atomic E-state index is 1.14. The van der Waals surface area contributed by atoms with Crippen LogP contribution in [0, 0.1) is 0 Å². The second-order valence-corrected chi connectivity index (χ2v) is 3.01. The van der Waals surface area contributed by atoms with Gasteiger partial charge in [0.1, 0.15) is 6.20 Å². The van der Waals surface area contributed by atoms with Crippen molar-refractivity contribution in [1.29, 1.82) is 0 Å². The normalized spacial score (nSPS) is 9.92. The summed E-state index contributed by atoms with van der Waals surface area (Å²) in [5.41, 5.74) is 2.34. The molecule has 0 aliphatic heterocycles. The molecule has 0 radical (unpaired) electrons. The van der Waals surface area contributed by atoms with Crippen molar-refractivity contribution in [3.8, 4) is 11.1 Å². The van der Waals surface area contributed by atoms with Crippen LogP contribution in [-0.2, 0) is 7.05 Å². The fourth-order valence-electron chi connectivity index (χ4n) is 1.28. The SMILES string of the molecule is C[n+]1cncc(-c2ccccc2)c1. The molecule has 0 bridgehead atoms. The Morgan fingerprint density at radius 2 is 1.85 bits per heavy atom. The summed E-state index contributed by atoms with van der Waals surface area (Å²) in [6.07, 6.45) is 5.71. The Labute approximate surface area is 77.5 Å². The van der Waals surface area contributed by atoms with Gasteiger partial charge >= 0.3 is 0 Å². The van der Waals surface area contributed by atoms with Gasteiger partial charge in [0.15, 0.2) is 6.20 Å². The highest BCUT2D eigenvalue weighted by atomic mass is 15.0. The average molecular weight is 171 g/mol. The Bertz CT molecular complexity index is 396. The molecule has 1 aromatic carbocycles. The zero-order chi connectivity index (χ0) is 9.10. The molecule has 0 atom stereocenters. The lowest BCUT2D eigenvalue weighted by Crippen LogP contribution is -2.27. The standard InChI is InChI=1S/C11H11N2/c1-13-8-11(7-12-9-13)10-5-3-2-4-6-10/h2-9H,1H3/q+1. The summed E-state index contributed by atoms with van der Waals surface area (Å²) in [6.45, 7) is 0. The van der Waals surface area contributed by atoms with Crippen molar-refractivity contribution in [3.05, 3.63) is 49.1 Å². The fraction of sp³-hybridized carbons (Fsp3) is 0.0909. The zero-order valence-corrected chi connectivity index (χ0v) is 7.51. The van der Waals surface area contributed by atoms with Crippen LogP contribution in [0.25, 0.3) is 11.1 Å². The van der Waals surface area contributed by atoms with E-state index in [1.54, 1.807) is 6.33 Å². The van der Waals surface area contributed by atoms with Crippen molar-refractivity contribution in [1.82, 2.24) is 4.98 Å². The first kappa shape index (κ1) is 7.92. The maximum Gasteiger partial charge on any atom is 0.285 e. The van der Waals surface area contributed by atoms with Gasteiger partial charge in [0, 0.05) is 0 Å². The number of hydrogen-bond acceptors (Lipinski definition) is 1. The molecule has 2 aromatic rings. The third-order valence-electron chi connectivity index (χ3n) is 1.91. The molecule has 1 heterocycles. The number of aromatic nitrogens is 2. The minimum absolute atomic E-state index is 1.14. The van der Waals surface area contributed by atoms with E-state index >= 15 is 0 Å². The van der Waals surface area contributed by atoms with Crippen molar-refractivity contribution < 1.29 is 4.57 Å². The molecule has 0 fully saturated rings. The molecule has 2 nitrogen and oxygen atoms in total. The minimum Gasteiger partial charge on any atom is -0.239 e. The third kappa shape index (κ3) is 1.72. The molecular formula is C11H11N2+. The lowest BCUT2D eigenvalue weighted by atomic mass is 10.1. The molecule has 0 spiro atoms. The van der Waals surface area contributed by atoms with Gasteiger partial charge in [0.05, 0.1) is 12.6 Å². The topological polar surface area (TPSA) is 16.8 Å². The van der Waals surface area contributed by atoms with Gasteiger partial charge in [-0.3, -0.25) is 0 Å². The van der Waals surface area contributed by atoms with Crippen LogP contribution in [0.2, 0.25) is 0 Å². The summed E-state index contributed by atoms with van der Waals surface area (Å²) in [5.74, 6) is 0. The van der Waals surface area contributed by atoms with Crippen LogP contribution < -0.4 is 4.57 Å². The summed E-state index contributed by atoms with van der Waals surface area (Å²) < 4.78 is 1.95. The van der Waals surface area contributed by atoms with Crippen LogP contribution in [-0.4, -0.2) is 4.98 Å². The van der Waals surface area contributed by atoms with Crippen molar-refractivity contribution >= 4 is 0 Å². The summed E-state index contributed by atoms with van der Waals surface area (Å²) in [6, 6.07) is 10.2. The largest absolute Gasteiger partial charge is 0.285 e. The van der Waals surface area contributed by atoms with Gasteiger partial charge < -0.3 is 0 Å². The van der Waals surface area contributed by atoms with Crippen molar-refractivity contribution in [3.63, 3.8) is 0 Å². The summed E-state index contributed by atoms with van der Waals surface area (Å²) in [5, 5.41) is 0. The predicted octanol–water partition coefficient (Wildman–Crippen LogP) is 1.57. The molecule has 13 heavy (non-hydrogen) atoms. The number of benzene rings is 1. The predicted molar refractivity (Wildman–Crippen MR) is 50.8 cm³/mol. The Hall–Kier alpha value is -1.70. The van der Waals surface area contributed by atoms with Gasteiger partial charge in [0.2, 0.25) is 0 Å². The van der Waals surface area contributed by atoms with Crippen molar-refractivity contribution in [2.24, 2.45) is 7.05 Å². The third-order valence-corrected chi connectivity index (χ3v) is 1.91. The van der Waals surface area contributed by atoms with E-state index in [9.17, 15) is 0 Å². The molecule has 0 unspecified atom stereocenters. The second kappa shape index (κ2) is 3.35. The highest BCUT2D eigenvalue weighted by Gasteiger charge is 2.00. The Morgan fingerprint density at radius 1 is 1.08 bits per heavy atom. The first-order valence-electron chi connectivity index (χ1n) is 4.22. The van der Waals surface area contributed by atoms with Crippen LogP contribution >= 0.6 is 0 Å². The fourth-order valence-corrected chi connectivity index (χ4v) is 1.28. The summed E-state index contributed by atoms with van der Waals surface area (Å²) >= 11 is 0. The molecule has 1 aromatic heterocycles. The van der Waals surface area contributed by atoms with Gasteiger partial charge in [-0.1, -0.05) is 35.3 Å². The van der Waals surface area contributed by atoms with Crippen LogP contribution in [0.4, 0.5) is 0 Å². The van der Waals surface area contributed by atoms with Gasteiger partial charge in [-0.2, -0.15) is 0 Å². The van der Waals surface area contributed by atoms with Crippen LogP contribution in [0.1, 0.15) is 0 Å². The highest BCUT2D eigenvalue weighted by Crippen LogP contribution is 2.14. The molecule has 64 valence electrons. The van der Waals surface area contributed by atoms with E-state index in [1.165, 1.54) is 5.56 Å². The van der Waals surface area contributed by atoms with Crippen LogP contribution in [0.15, 0.2) is 49.1 Å². The van der Waals surface area contributed by atoms with E-state index in [0.29, 0.717) is 0 Å².